The van der Waals surface area contributed by atoms with Crippen LogP contribution in [-0.2, 0) is 11.4 Å². The molecule has 4 heteroatoms. The molecule has 2 aromatic carbocycles. The van der Waals surface area contributed by atoms with Crippen molar-refractivity contribution in [3.05, 3.63) is 65.7 Å². The molecule has 20 heavy (non-hydrogen) atoms. The van der Waals surface area contributed by atoms with E-state index in [0.717, 1.165) is 11.1 Å². The van der Waals surface area contributed by atoms with Crippen molar-refractivity contribution in [2.24, 2.45) is 0 Å². The molecule has 0 aliphatic heterocycles. The van der Waals surface area contributed by atoms with Gasteiger partial charge in [0.25, 0.3) is 0 Å². The molecule has 0 heterocycles. The van der Waals surface area contributed by atoms with Gasteiger partial charge in [0.1, 0.15) is 6.04 Å². The van der Waals surface area contributed by atoms with Gasteiger partial charge < -0.3 is 15.7 Å². The van der Waals surface area contributed by atoms with E-state index >= 15 is 0 Å². The first kappa shape index (κ1) is 14.2. The first-order valence-corrected chi connectivity index (χ1v) is 6.47. The van der Waals surface area contributed by atoms with Crippen LogP contribution in [0.25, 0.3) is 0 Å². The van der Waals surface area contributed by atoms with E-state index < -0.39 is 6.04 Å². The zero-order valence-electron chi connectivity index (χ0n) is 11.3. The Labute approximate surface area is 118 Å². The normalized spacial score (nSPS) is 11.9. The number of likely N-dealkylation sites (N-methyl/N-ethyl adjacent to an activating group) is 1. The number of hydrogen-bond acceptors (Lipinski definition) is 3. The zero-order chi connectivity index (χ0) is 14.4. The second-order valence-corrected chi connectivity index (χ2v) is 4.48. The van der Waals surface area contributed by atoms with Gasteiger partial charge in [0.15, 0.2) is 0 Å². The third-order valence-corrected chi connectivity index (χ3v) is 3.09. The van der Waals surface area contributed by atoms with E-state index in [2.05, 4.69) is 10.6 Å². The van der Waals surface area contributed by atoms with Gasteiger partial charge >= 0.3 is 0 Å². The lowest BCUT2D eigenvalue weighted by atomic mass is 10.1. The Bertz CT molecular complexity index is 552. The third-order valence-electron chi connectivity index (χ3n) is 3.09. The van der Waals surface area contributed by atoms with Crippen molar-refractivity contribution in [1.82, 2.24) is 5.32 Å². The van der Waals surface area contributed by atoms with E-state index in [1.54, 1.807) is 31.3 Å². The maximum Gasteiger partial charge on any atom is 0.246 e. The van der Waals surface area contributed by atoms with Crippen molar-refractivity contribution >= 4 is 11.6 Å². The smallest absolute Gasteiger partial charge is 0.246 e. The molecule has 0 bridgehead atoms. The first-order chi connectivity index (χ1) is 9.74. The summed E-state index contributed by atoms with van der Waals surface area (Å²) >= 11 is 0. The van der Waals surface area contributed by atoms with Gasteiger partial charge in [-0.2, -0.15) is 0 Å². The summed E-state index contributed by atoms with van der Waals surface area (Å²) in [7, 11) is 1.76. The van der Waals surface area contributed by atoms with E-state index in [1.807, 2.05) is 30.3 Å². The van der Waals surface area contributed by atoms with Crippen molar-refractivity contribution in [2.45, 2.75) is 12.6 Å². The van der Waals surface area contributed by atoms with Gasteiger partial charge in [-0.1, -0.05) is 42.5 Å². The highest BCUT2D eigenvalue weighted by molar-refractivity contribution is 5.95. The van der Waals surface area contributed by atoms with E-state index in [1.165, 1.54) is 0 Å². The molecule has 0 spiro atoms. The fourth-order valence-corrected chi connectivity index (χ4v) is 2.00. The minimum absolute atomic E-state index is 0.00260. The van der Waals surface area contributed by atoms with Gasteiger partial charge in [-0.3, -0.25) is 4.79 Å². The van der Waals surface area contributed by atoms with Crippen LogP contribution in [0.3, 0.4) is 0 Å². The van der Waals surface area contributed by atoms with Crippen LogP contribution in [0.2, 0.25) is 0 Å². The molecule has 1 atom stereocenters. The van der Waals surface area contributed by atoms with Gasteiger partial charge in [-0.25, -0.2) is 0 Å². The maximum atomic E-state index is 12.3. The number of nitrogens with one attached hydrogen (secondary N) is 2. The van der Waals surface area contributed by atoms with Crippen LogP contribution in [0.15, 0.2) is 54.6 Å². The van der Waals surface area contributed by atoms with Crippen LogP contribution >= 0.6 is 0 Å². The Balaban J connectivity index is 2.09. The molecule has 2 rings (SSSR count). The molecule has 0 aliphatic rings. The first-order valence-electron chi connectivity index (χ1n) is 6.47. The average Bonchev–Trinajstić information content (AvgIpc) is 2.50. The summed E-state index contributed by atoms with van der Waals surface area (Å²) in [6.07, 6.45) is 0. The van der Waals surface area contributed by atoms with Crippen LogP contribution in [-0.4, -0.2) is 18.1 Å². The molecule has 3 N–H and O–H groups in total. The summed E-state index contributed by atoms with van der Waals surface area (Å²) < 4.78 is 0. The molecular weight excluding hydrogens is 252 g/mol. The molecular formula is C16H18N2O2. The van der Waals surface area contributed by atoms with Gasteiger partial charge in [0.05, 0.1) is 6.61 Å². The largest absolute Gasteiger partial charge is 0.392 e. The summed E-state index contributed by atoms with van der Waals surface area (Å²) in [4.78, 5) is 12.3. The van der Waals surface area contributed by atoms with E-state index in [9.17, 15) is 4.79 Å². The fraction of sp³-hybridized carbons (Fsp3) is 0.188. The maximum absolute atomic E-state index is 12.3. The summed E-state index contributed by atoms with van der Waals surface area (Å²) in [5.41, 5.74) is 2.44. The second-order valence-electron chi connectivity index (χ2n) is 4.48. The molecule has 0 aliphatic carbocycles. The van der Waals surface area contributed by atoms with Gasteiger partial charge in [-0.15, -0.1) is 0 Å². The Morgan fingerprint density at radius 3 is 2.30 bits per heavy atom. The summed E-state index contributed by atoms with van der Waals surface area (Å²) in [5, 5.41) is 14.9. The highest BCUT2D eigenvalue weighted by Crippen LogP contribution is 2.16. The quantitative estimate of drug-likeness (QED) is 0.779. The van der Waals surface area contributed by atoms with Crippen LogP contribution in [0.5, 0.6) is 0 Å². The van der Waals surface area contributed by atoms with Crippen LogP contribution in [0.4, 0.5) is 5.69 Å². The lowest BCUT2D eigenvalue weighted by Gasteiger charge is -2.16. The number of aliphatic hydroxyl groups is 1. The molecule has 0 radical (unpaired) electrons. The number of aliphatic hydroxyl groups excluding tert-OH is 1. The molecule has 0 fully saturated rings. The van der Waals surface area contributed by atoms with Crippen molar-refractivity contribution in [1.29, 1.82) is 0 Å². The summed E-state index contributed by atoms with van der Waals surface area (Å²) in [6, 6.07) is 16.3. The number of anilines is 1. The van der Waals surface area contributed by atoms with Gasteiger partial charge in [0, 0.05) is 5.69 Å². The molecule has 0 saturated heterocycles. The molecule has 0 saturated carbocycles. The van der Waals surface area contributed by atoms with Crippen LogP contribution < -0.4 is 10.6 Å². The minimum atomic E-state index is -0.395. The molecule has 1 amide bonds. The van der Waals surface area contributed by atoms with Crippen LogP contribution in [0.1, 0.15) is 17.2 Å². The third kappa shape index (κ3) is 3.44. The minimum Gasteiger partial charge on any atom is -0.392 e. The number of rotatable bonds is 5. The lowest BCUT2D eigenvalue weighted by molar-refractivity contribution is -0.118. The molecule has 2 aromatic rings. The Hall–Kier alpha value is -2.17. The highest BCUT2D eigenvalue weighted by atomic mass is 16.3. The number of carbonyl (C=O) groups excluding carboxylic acids is 1. The Morgan fingerprint density at radius 1 is 1.10 bits per heavy atom. The fourth-order valence-electron chi connectivity index (χ4n) is 2.00. The predicted octanol–water partition coefficient (Wildman–Crippen LogP) is 2.08. The number of benzene rings is 2. The molecule has 1 unspecified atom stereocenters. The van der Waals surface area contributed by atoms with Crippen molar-refractivity contribution in [2.75, 3.05) is 12.4 Å². The summed E-state index contributed by atoms with van der Waals surface area (Å²) in [6.45, 7) is -0.00260. The number of carbonyl (C=O) groups is 1. The second kappa shape index (κ2) is 6.84. The van der Waals surface area contributed by atoms with E-state index in [4.69, 9.17) is 5.11 Å². The number of amides is 1. The molecule has 104 valence electrons. The topological polar surface area (TPSA) is 61.4 Å². The van der Waals surface area contributed by atoms with Crippen LogP contribution in [0, 0.1) is 0 Å². The van der Waals surface area contributed by atoms with Gasteiger partial charge in [-0.05, 0) is 30.3 Å². The molecule has 0 aromatic heterocycles. The SMILES string of the molecule is CNC(C(=O)Nc1ccc(CO)cc1)c1ccccc1. The standard InChI is InChI=1S/C16H18N2O2/c1-17-15(13-5-3-2-4-6-13)16(20)18-14-9-7-12(11-19)8-10-14/h2-10,15,17,19H,11H2,1H3,(H,18,20). The summed E-state index contributed by atoms with van der Waals surface area (Å²) in [5.74, 6) is -0.115. The monoisotopic (exact) mass is 270 g/mol. The number of hydrogen-bond donors (Lipinski definition) is 3. The average molecular weight is 270 g/mol. The lowest BCUT2D eigenvalue weighted by Crippen LogP contribution is -2.30. The molecule has 4 nitrogen and oxygen atoms in total. The van der Waals surface area contributed by atoms with E-state index in [-0.39, 0.29) is 12.5 Å². The van der Waals surface area contributed by atoms with Crippen molar-refractivity contribution in [3.8, 4) is 0 Å². The Morgan fingerprint density at radius 2 is 1.75 bits per heavy atom. The Kier molecular flexibility index (Phi) is 4.87. The van der Waals surface area contributed by atoms with E-state index in [0.29, 0.717) is 5.69 Å². The van der Waals surface area contributed by atoms with Crippen molar-refractivity contribution < 1.29 is 9.90 Å². The highest BCUT2D eigenvalue weighted by Gasteiger charge is 2.18. The van der Waals surface area contributed by atoms with Gasteiger partial charge in [0.2, 0.25) is 5.91 Å². The van der Waals surface area contributed by atoms with Crippen molar-refractivity contribution in [3.63, 3.8) is 0 Å². The predicted molar refractivity (Wildman–Crippen MR) is 79.2 cm³/mol. The zero-order valence-corrected chi connectivity index (χ0v) is 11.3.